The molecule has 28 heavy (non-hydrogen) atoms. The lowest BCUT2D eigenvalue weighted by molar-refractivity contribution is -0.115. The van der Waals surface area contributed by atoms with Gasteiger partial charge in [0.25, 0.3) is 0 Å². The lowest BCUT2D eigenvalue weighted by Gasteiger charge is -2.10. The van der Waals surface area contributed by atoms with Gasteiger partial charge in [-0.3, -0.25) is 9.48 Å². The number of nitrogen functional groups attached to an aromatic ring is 1. The minimum atomic E-state index is -0.0844. The number of hydrogen-bond acceptors (Lipinski definition) is 3. The van der Waals surface area contributed by atoms with Gasteiger partial charge in [0, 0.05) is 18.0 Å². The highest BCUT2D eigenvalue weighted by Gasteiger charge is 2.11. The smallest absolute Gasteiger partial charge is 0.230 e. The van der Waals surface area contributed by atoms with Crippen molar-refractivity contribution in [1.29, 1.82) is 0 Å². The molecule has 5 heteroatoms. The molecule has 0 aliphatic heterocycles. The fourth-order valence-corrected chi connectivity index (χ4v) is 3.16. The van der Waals surface area contributed by atoms with E-state index in [0.717, 1.165) is 22.4 Å². The first-order valence-corrected chi connectivity index (χ1v) is 9.60. The number of amides is 1. The van der Waals surface area contributed by atoms with E-state index >= 15 is 0 Å². The first-order chi connectivity index (χ1) is 13.3. The fraction of sp³-hybridized carbons (Fsp3) is 0.304. The molecule has 0 unspecified atom stereocenters. The largest absolute Gasteiger partial charge is 0.399 e. The second-order valence-corrected chi connectivity index (χ2v) is 7.58. The van der Waals surface area contributed by atoms with Crippen molar-refractivity contribution in [3.8, 4) is 0 Å². The maximum Gasteiger partial charge on any atom is 0.230 e. The van der Waals surface area contributed by atoms with Crippen LogP contribution in [-0.4, -0.2) is 15.7 Å². The summed E-state index contributed by atoms with van der Waals surface area (Å²) in [6.07, 6.45) is 2.18. The summed E-state index contributed by atoms with van der Waals surface area (Å²) in [5, 5.41) is 7.34. The summed E-state index contributed by atoms with van der Waals surface area (Å²) in [4.78, 5) is 12.4. The molecule has 0 fully saturated rings. The van der Waals surface area contributed by atoms with E-state index < -0.39 is 0 Å². The van der Waals surface area contributed by atoms with Crippen LogP contribution in [0.2, 0.25) is 0 Å². The average molecular weight is 377 g/mol. The van der Waals surface area contributed by atoms with Gasteiger partial charge >= 0.3 is 0 Å². The highest BCUT2D eigenvalue weighted by Crippen LogP contribution is 2.20. The van der Waals surface area contributed by atoms with E-state index in [9.17, 15) is 4.79 Å². The minimum absolute atomic E-state index is 0.0844. The molecule has 1 aromatic heterocycles. The number of nitrogens with one attached hydrogen (secondary N) is 1. The highest BCUT2D eigenvalue weighted by molar-refractivity contribution is 5.91. The van der Waals surface area contributed by atoms with E-state index in [4.69, 9.17) is 5.73 Å². The van der Waals surface area contributed by atoms with Gasteiger partial charge in [0.05, 0.1) is 13.0 Å². The number of nitrogens with two attached hydrogens (primary N) is 1. The third kappa shape index (κ3) is 4.60. The van der Waals surface area contributed by atoms with Crippen LogP contribution in [0.4, 0.5) is 11.5 Å². The summed E-state index contributed by atoms with van der Waals surface area (Å²) in [7, 11) is 0. The minimum Gasteiger partial charge on any atom is -0.399 e. The molecule has 1 amide bonds. The second-order valence-electron chi connectivity index (χ2n) is 7.58. The lowest BCUT2D eigenvalue weighted by Crippen LogP contribution is -2.16. The van der Waals surface area contributed by atoms with Gasteiger partial charge in [-0.25, -0.2) is 0 Å². The van der Waals surface area contributed by atoms with Gasteiger partial charge in [0.1, 0.15) is 0 Å². The standard InChI is InChI=1S/C23H28N4O/c1-15(2)19-7-5-18(6-8-19)14-27-12-11-22(26-27)25-23(28)13-20-9-10-21(24)17(4)16(20)3/h5-12,15H,13-14,24H2,1-4H3,(H,25,26,28). The third-order valence-electron chi connectivity index (χ3n) is 5.19. The van der Waals surface area contributed by atoms with E-state index in [1.54, 1.807) is 0 Å². The van der Waals surface area contributed by atoms with Crippen LogP contribution in [0.25, 0.3) is 0 Å². The molecule has 3 N–H and O–H groups in total. The van der Waals surface area contributed by atoms with Crippen molar-refractivity contribution in [3.63, 3.8) is 0 Å². The Morgan fingerprint density at radius 2 is 1.79 bits per heavy atom. The number of anilines is 2. The Balaban J connectivity index is 1.61. The van der Waals surface area contributed by atoms with Crippen molar-refractivity contribution in [1.82, 2.24) is 9.78 Å². The van der Waals surface area contributed by atoms with Crippen LogP contribution >= 0.6 is 0 Å². The molecule has 1 heterocycles. The van der Waals surface area contributed by atoms with E-state index in [1.807, 2.05) is 42.9 Å². The number of rotatable bonds is 6. The number of benzene rings is 2. The fourth-order valence-electron chi connectivity index (χ4n) is 3.16. The molecule has 0 spiro atoms. The summed E-state index contributed by atoms with van der Waals surface area (Å²) in [5.41, 5.74) is 12.2. The highest BCUT2D eigenvalue weighted by atomic mass is 16.1. The molecule has 0 bridgehead atoms. The van der Waals surface area contributed by atoms with Gasteiger partial charge in [-0.15, -0.1) is 0 Å². The van der Waals surface area contributed by atoms with Gasteiger partial charge in [-0.05, 0) is 53.6 Å². The van der Waals surface area contributed by atoms with Crippen LogP contribution in [0.1, 0.15) is 47.6 Å². The van der Waals surface area contributed by atoms with Crippen LogP contribution in [0.5, 0.6) is 0 Å². The van der Waals surface area contributed by atoms with E-state index in [1.165, 1.54) is 11.1 Å². The number of carbonyl (C=O) groups excluding carboxylic acids is 1. The number of carbonyl (C=O) groups is 1. The lowest BCUT2D eigenvalue weighted by atomic mass is 9.99. The van der Waals surface area contributed by atoms with Gasteiger partial charge in [0.15, 0.2) is 5.82 Å². The van der Waals surface area contributed by atoms with Gasteiger partial charge in [0.2, 0.25) is 5.91 Å². The first kappa shape index (κ1) is 19.7. The Bertz CT molecular complexity index is 971. The molecule has 0 aliphatic carbocycles. The Morgan fingerprint density at radius 3 is 2.46 bits per heavy atom. The maximum absolute atomic E-state index is 12.4. The molecule has 2 aromatic carbocycles. The molecule has 0 aliphatic rings. The van der Waals surface area contributed by atoms with E-state index in [0.29, 0.717) is 24.7 Å². The molecule has 3 rings (SSSR count). The van der Waals surface area contributed by atoms with Gasteiger partial charge in [-0.1, -0.05) is 44.2 Å². The van der Waals surface area contributed by atoms with Crippen molar-refractivity contribution < 1.29 is 4.79 Å². The number of aromatic nitrogens is 2. The summed E-state index contributed by atoms with van der Waals surface area (Å²) in [6, 6.07) is 14.2. The van der Waals surface area contributed by atoms with Crippen LogP contribution in [0, 0.1) is 13.8 Å². The van der Waals surface area contributed by atoms with Crippen molar-refractivity contribution in [2.45, 2.75) is 46.6 Å². The molecule has 5 nitrogen and oxygen atoms in total. The van der Waals surface area contributed by atoms with Crippen molar-refractivity contribution in [3.05, 3.63) is 76.5 Å². The van der Waals surface area contributed by atoms with Crippen LogP contribution < -0.4 is 11.1 Å². The SMILES string of the molecule is Cc1c(N)ccc(CC(=O)Nc2ccn(Cc3ccc(C(C)C)cc3)n2)c1C. The monoisotopic (exact) mass is 376 g/mol. The van der Waals surface area contributed by atoms with Gasteiger partial charge in [-0.2, -0.15) is 5.10 Å². The molecule has 0 atom stereocenters. The Hall–Kier alpha value is -3.08. The predicted octanol–water partition coefficient (Wildman–Crippen LogP) is 4.44. The molecular weight excluding hydrogens is 348 g/mol. The third-order valence-corrected chi connectivity index (χ3v) is 5.19. The zero-order valence-corrected chi connectivity index (χ0v) is 17.0. The summed E-state index contributed by atoms with van der Waals surface area (Å²) >= 11 is 0. The Kier molecular flexibility index (Phi) is 5.83. The Labute approximate surface area is 166 Å². The van der Waals surface area contributed by atoms with Gasteiger partial charge < -0.3 is 11.1 Å². The number of hydrogen-bond donors (Lipinski definition) is 2. The van der Waals surface area contributed by atoms with Crippen molar-refractivity contribution in [2.75, 3.05) is 11.1 Å². The molecule has 0 saturated heterocycles. The molecule has 3 aromatic rings. The quantitative estimate of drug-likeness (QED) is 0.625. The maximum atomic E-state index is 12.4. The van der Waals surface area contributed by atoms with Crippen LogP contribution in [0.3, 0.4) is 0 Å². The van der Waals surface area contributed by atoms with E-state index in [2.05, 4.69) is 48.5 Å². The molecular formula is C23H28N4O. The topological polar surface area (TPSA) is 72.9 Å². The number of nitrogens with zero attached hydrogens (tertiary/aromatic N) is 2. The molecule has 0 saturated carbocycles. The first-order valence-electron chi connectivity index (χ1n) is 9.60. The van der Waals surface area contributed by atoms with Crippen molar-refractivity contribution in [2.24, 2.45) is 0 Å². The van der Waals surface area contributed by atoms with Crippen LogP contribution in [-0.2, 0) is 17.8 Å². The van der Waals surface area contributed by atoms with E-state index in [-0.39, 0.29) is 5.91 Å². The zero-order chi connectivity index (χ0) is 20.3. The van der Waals surface area contributed by atoms with Crippen molar-refractivity contribution >= 4 is 17.4 Å². The normalized spacial score (nSPS) is 11.0. The summed E-state index contributed by atoms with van der Waals surface area (Å²) in [5.74, 6) is 1.00. The summed E-state index contributed by atoms with van der Waals surface area (Å²) in [6.45, 7) is 9.01. The Morgan fingerprint density at radius 1 is 1.07 bits per heavy atom. The summed E-state index contributed by atoms with van der Waals surface area (Å²) < 4.78 is 1.83. The zero-order valence-electron chi connectivity index (χ0n) is 17.0. The second kappa shape index (κ2) is 8.30. The predicted molar refractivity (Wildman–Crippen MR) is 115 cm³/mol. The van der Waals surface area contributed by atoms with Crippen LogP contribution in [0.15, 0.2) is 48.7 Å². The average Bonchev–Trinajstić information content (AvgIpc) is 3.09. The molecule has 146 valence electrons. The molecule has 0 radical (unpaired) electrons.